The van der Waals surface area contributed by atoms with Crippen LogP contribution in [0.4, 0.5) is 0 Å². The minimum absolute atomic E-state index is 0. The molecule has 0 aromatic heterocycles. The van der Waals surface area contributed by atoms with E-state index in [0.717, 1.165) is 0 Å². The standard InChI is InChI=1S/Nb.H2O.5O.Pb.Ti/h;1H2;;;;;;;/q+1;;;;;2*-1;+2;/p-1. The zero-order valence-corrected chi connectivity index (χ0v) is 11.6. The molecule has 6 nitrogen and oxygen atoms in total. The Bertz CT molecular complexity index is 115. The molecule has 9 heavy (non-hydrogen) atoms. The first-order chi connectivity index (χ1) is 3.46. The first kappa shape index (κ1) is 17.0. The van der Waals surface area contributed by atoms with E-state index in [4.69, 9.17) is 20.8 Å². The summed E-state index contributed by atoms with van der Waals surface area (Å²) in [7, 11) is 0. The van der Waals surface area contributed by atoms with Crippen molar-refractivity contribution >= 4 is 27.3 Å². The zero-order chi connectivity index (χ0) is 7.15. The number of hydrogen-bond acceptors (Lipinski definition) is 5. The van der Waals surface area contributed by atoms with Gasteiger partial charge in [-0.2, -0.15) is 0 Å². The van der Waals surface area contributed by atoms with Crippen LogP contribution in [0.15, 0.2) is 0 Å². The van der Waals surface area contributed by atoms with Gasteiger partial charge < -0.3 is 0 Å². The van der Waals surface area contributed by atoms with Gasteiger partial charge in [-0.05, 0) is 0 Å². The van der Waals surface area contributed by atoms with Gasteiger partial charge in [-0.3, -0.25) is 0 Å². The van der Waals surface area contributed by atoms with Crippen LogP contribution in [0.3, 0.4) is 0 Å². The molecule has 0 aromatic rings. The van der Waals surface area contributed by atoms with E-state index in [2.05, 4.69) is 0 Å². The molecule has 0 spiro atoms. The molecule has 0 aromatic carbocycles. The molecule has 0 bridgehead atoms. The third kappa shape index (κ3) is 206. The molecule has 0 unspecified atom stereocenters. The third-order valence-corrected chi connectivity index (χ3v) is 0. The van der Waals surface area contributed by atoms with Gasteiger partial charge in [-0.25, -0.2) is 0 Å². The third-order valence-electron chi connectivity index (χ3n) is 0. The van der Waals surface area contributed by atoms with Crippen molar-refractivity contribution in [3.63, 3.8) is 0 Å². The second-order valence-corrected chi connectivity index (χ2v) is 2.44. The molecule has 0 saturated carbocycles. The van der Waals surface area contributed by atoms with Crippen LogP contribution in [0.25, 0.3) is 0 Å². The summed E-state index contributed by atoms with van der Waals surface area (Å²) in [4.78, 5) is 0. The minimum atomic E-state index is -4.08. The van der Waals surface area contributed by atoms with Crippen LogP contribution < -0.4 is 7.38 Å². The molecule has 0 atom stereocenters. The first-order valence-electron chi connectivity index (χ1n) is 1.18. The van der Waals surface area contributed by atoms with E-state index in [9.17, 15) is 0 Å². The molecule has 0 aliphatic rings. The molecule has 0 aliphatic carbocycles. The van der Waals surface area contributed by atoms with Gasteiger partial charge in [0.1, 0.15) is 0 Å². The van der Waals surface area contributed by atoms with E-state index < -0.39 is 37.4 Å². The summed E-state index contributed by atoms with van der Waals surface area (Å²) in [5, 5.41) is 0. The van der Waals surface area contributed by atoms with E-state index in [1.807, 2.05) is 0 Å². The van der Waals surface area contributed by atoms with Gasteiger partial charge >= 0.3 is 85.5 Å². The average molecular weight is 445 g/mol. The van der Waals surface area contributed by atoms with E-state index in [1.165, 1.54) is 0 Å². The Hall–Kier alpha value is 1.66. The molecule has 0 heterocycles. The molecular weight excluding hydrogens is 444 g/mol. The molecule has 0 saturated heterocycles. The Balaban J connectivity index is -0.0000000720. The maximum Gasteiger partial charge on any atom is 2.00 e. The molecule has 0 rings (SSSR count). The molecule has 0 fully saturated rings. The maximum absolute atomic E-state index is 8.71. The van der Waals surface area contributed by atoms with Crippen molar-refractivity contribution < 1.29 is 58.2 Å². The van der Waals surface area contributed by atoms with Gasteiger partial charge in [0.2, 0.25) is 0 Å². The Morgan fingerprint density at radius 2 is 1.33 bits per heavy atom. The summed E-state index contributed by atoms with van der Waals surface area (Å²) in [6.07, 6.45) is 0. The monoisotopic (exact) mass is 446 g/mol. The van der Waals surface area contributed by atoms with Crippen molar-refractivity contribution in [2.75, 3.05) is 0 Å². The summed E-state index contributed by atoms with van der Waals surface area (Å²) < 4.78 is 50.3. The Kier molecular flexibility index (Phi) is 23.2. The Labute approximate surface area is 84.4 Å². The fourth-order valence-corrected chi connectivity index (χ4v) is 0. The molecule has 2 radical (unpaired) electrons. The van der Waals surface area contributed by atoms with E-state index in [-0.39, 0.29) is 27.3 Å². The van der Waals surface area contributed by atoms with Crippen molar-refractivity contribution in [1.82, 2.24) is 0 Å². The van der Waals surface area contributed by atoms with Crippen molar-refractivity contribution in [1.29, 1.82) is 0 Å². The summed E-state index contributed by atoms with van der Waals surface area (Å²) in [5.74, 6) is 0. The molecular formula is HNbO6PbTi. The predicted octanol–water partition coefficient (Wildman–Crippen LogP) is -3.68. The fourth-order valence-electron chi connectivity index (χ4n) is 0. The predicted molar refractivity (Wildman–Crippen MR) is 10.0 cm³/mol. The quantitative estimate of drug-likeness (QED) is 0.384. The second-order valence-electron chi connectivity index (χ2n) is 0.488. The summed E-state index contributed by atoms with van der Waals surface area (Å²) in [5.41, 5.74) is 0. The first-order valence-corrected chi connectivity index (χ1v) is 5.87. The maximum atomic E-state index is 8.71. The van der Waals surface area contributed by atoms with Crippen LogP contribution >= 0.6 is 0 Å². The van der Waals surface area contributed by atoms with Gasteiger partial charge in [-0.1, -0.05) is 0 Å². The van der Waals surface area contributed by atoms with Crippen molar-refractivity contribution in [2.24, 2.45) is 0 Å². The van der Waals surface area contributed by atoms with Crippen LogP contribution in [0.5, 0.6) is 0 Å². The topological polar surface area (TPSA) is 118 Å². The Morgan fingerprint density at radius 1 is 1.33 bits per heavy atom. The molecule has 0 aliphatic heterocycles. The van der Waals surface area contributed by atoms with E-state index in [1.54, 1.807) is 0 Å². The second kappa shape index (κ2) is 12.3. The van der Waals surface area contributed by atoms with Crippen molar-refractivity contribution in [3.8, 4) is 0 Å². The SMILES string of the molecule is [O]=[Nb](=[O])[OH].[O]=[Ti]([O-])[O-].[Pb+2]. The fraction of sp³-hybridized carbons (Fsp3) is 0. The number of hydrogen-bond donors (Lipinski definition) is 1. The average Bonchev–Trinajstić information content (AvgIpc) is 1.25. The summed E-state index contributed by atoms with van der Waals surface area (Å²) in [6.45, 7) is 0. The van der Waals surface area contributed by atoms with Crippen LogP contribution in [0.1, 0.15) is 0 Å². The number of rotatable bonds is 0. The summed E-state index contributed by atoms with van der Waals surface area (Å²) >= 11 is -8.03. The molecule has 0 amide bonds. The van der Waals surface area contributed by atoms with Crippen LogP contribution in [0.2, 0.25) is 0 Å². The van der Waals surface area contributed by atoms with Crippen molar-refractivity contribution in [3.05, 3.63) is 0 Å². The zero-order valence-electron chi connectivity index (χ0n) is 3.94. The molecule has 9 heteroatoms. The molecule has 50 valence electrons. The van der Waals surface area contributed by atoms with E-state index in [0.29, 0.717) is 0 Å². The van der Waals surface area contributed by atoms with Gasteiger partial charge in [0.05, 0.1) is 0 Å². The van der Waals surface area contributed by atoms with Crippen LogP contribution in [0, 0.1) is 0 Å². The van der Waals surface area contributed by atoms with Gasteiger partial charge in [-0.15, -0.1) is 0 Å². The van der Waals surface area contributed by atoms with E-state index >= 15 is 0 Å². The molecule has 1 N–H and O–H groups in total. The smallest absolute Gasteiger partial charge is 2.00 e. The summed E-state index contributed by atoms with van der Waals surface area (Å²) in [6, 6.07) is 0. The normalized spacial score (nSPS) is 5.67. The minimum Gasteiger partial charge on any atom is 2.00 e. The van der Waals surface area contributed by atoms with Gasteiger partial charge in [0, 0.05) is 0 Å². The van der Waals surface area contributed by atoms with Gasteiger partial charge in [0.15, 0.2) is 0 Å². The largest absolute Gasteiger partial charge is 2.00 e. The van der Waals surface area contributed by atoms with Crippen molar-refractivity contribution in [2.45, 2.75) is 0 Å². The van der Waals surface area contributed by atoms with Crippen LogP contribution in [-0.2, 0) is 47.2 Å². The van der Waals surface area contributed by atoms with Gasteiger partial charge in [0.25, 0.3) is 0 Å². The Morgan fingerprint density at radius 3 is 1.33 bits per heavy atom. The van der Waals surface area contributed by atoms with Crippen LogP contribution in [-0.4, -0.2) is 30.9 Å².